The summed E-state index contributed by atoms with van der Waals surface area (Å²) in [6.45, 7) is 0.559. The number of carbonyl (C=O) groups excluding carboxylic acids is 2. The molecule has 1 aromatic carbocycles. The van der Waals surface area contributed by atoms with Crippen LogP contribution in [0.5, 0.6) is 5.88 Å². The predicted octanol–water partition coefficient (Wildman–Crippen LogP) is 4.11. The summed E-state index contributed by atoms with van der Waals surface area (Å²) in [5, 5.41) is 0. The number of piperidine rings is 1. The van der Waals surface area contributed by atoms with E-state index in [9.17, 15) is 22.8 Å². The molecule has 2 atom stereocenters. The Balaban J connectivity index is 1.49. The number of carbonyl (C=O) groups is 2. The molecule has 2 aliphatic heterocycles. The number of alkyl halides is 3. The van der Waals surface area contributed by atoms with E-state index in [0.717, 1.165) is 11.6 Å². The quantitative estimate of drug-likeness (QED) is 0.620. The van der Waals surface area contributed by atoms with Crippen molar-refractivity contribution >= 4 is 11.9 Å². The number of aromatic nitrogens is 1. The highest BCUT2D eigenvalue weighted by atomic mass is 19.4. The van der Waals surface area contributed by atoms with Gasteiger partial charge in [-0.05, 0) is 24.5 Å². The average Bonchev–Trinajstić information content (AvgIpc) is 2.80. The SMILES string of the molecule is COc1ncc(C(F)(F)F)cc1C(=O)C1CC2COCC(C1)N2C(=O)OCc1ccccc1. The number of halogens is 3. The topological polar surface area (TPSA) is 78.0 Å². The number of pyridine rings is 1. The van der Waals surface area contributed by atoms with Crippen molar-refractivity contribution in [3.05, 3.63) is 59.3 Å². The van der Waals surface area contributed by atoms with Crippen LogP contribution in [0.3, 0.4) is 0 Å². The van der Waals surface area contributed by atoms with Gasteiger partial charge in [-0.25, -0.2) is 9.78 Å². The van der Waals surface area contributed by atoms with Crippen LogP contribution in [0.1, 0.15) is 34.3 Å². The van der Waals surface area contributed by atoms with Crippen molar-refractivity contribution in [1.82, 2.24) is 9.88 Å². The van der Waals surface area contributed by atoms with E-state index in [1.807, 2.05) is 30.3 Å². The first kappa shape index (κ1) is 23.0. The number of hydrogen-bond acceptors (Lipinski definition) is 6. The maximum absolute atomic E-state index is 13.2. The van der Waals surface area contributed by atoms with Crippen LogP contribution in [0, 0.1) is 5.92 Å². The minimum atomic E-state index is -4.63. The van der Waals surface area contributed by atoms with Crippen molar-refractivity contribution in [2.75, 3.05) is 20.3 Å². The molecular weight excluding hydrogens is 441 g/mol. The van der Waals surface area contributed by atoms with Gasteiger partial charge in [-0.3, -0.25) is 9.69 Å². The molecule has 3 heterocycles. The lowest BCUT2D eigenvalue weighted by atomic mass is 9.81. The Labute approximate surface area is 188 Å². The number of amides is 1. The Morgan fingerprint density at radius 1 is 1.15 bits per heavy atom. The van der Waals surface area contributed by atoms with Gasteiger partial charge in [0.15, 0.2) is 5.78 Å². The highest BCUT2D eigenvalue weighted by molar-refractivity contribution is 6.00. The zero-order valence-electron chi connectivity index (χ0n) is 17.9. The molecule has 1 amide bonds. The summed E-state index contributed by atoms with van der Waals surface area (Å²) >= 11 is 0. The normalized spacial score (nSPS) is 22.5. The van der Waals surface area contributed by atoms with E-state index < -0.39 is 41.6 Å². The maximum atomic E-state index is 13.2. The van der Waals surface area contributed by atoms with Crippen LogP contribution in [0.15, 0.2) is 42.6 Å². The molecule has 1 aromatic heterocycles. The van der Waals surface area contributed by atoms with E-state index in [4.69, 9.17) is 14.2 Å². The summed E-state index contributed by atoms with van der Waals surface area (Å²) in [6, 6.07) is 9.19. The number of fused-ring (bicyclic) bond motifs is 2. The number of ether oxygens (including phenoxy) is 3. The summed E-state index contributed by atoms with van der Waals surface area (Å²) < 4.78 is 55.6. The zero-order chi connectivity index (χ0) is 23.6. The number of nitrogens with zero attached hydrogens (tertiary/aromatic N) is 2. The molecule has 4 rings (SSSR count). The molecule has 2 fully saturated rings. The Bertz CT molecular complexity index is 1000. The molecule has 0 spiro atoms. The Kier molecular flexibility index (Phi) is 6.55. The molecule has 2 bridgehead atoms. The van der Waals surface area contributed by atoms with Gasteiger partial charge in [0, 0.05) is 12.1 Å². The van der Waals surface area contributed by atoms with Crippen LogP contribution < -0.4 is 4.74 Å². The maximum Gasteiger partial charge on any atom is 0.417 e. The highest BCUT2D eigenvalue weighted by Gasteiger charge is 2.45. The Morgan fingerprint density at radius 3 is 2.42 bits per heavy atom. The van der Waals surface area contributed by atoms with Crippen LogP contribution in [0.4, 0.5) is 18.0 Å². The van der Waals surface area contributed by atoms with E-state index in [2.05, 4.69) is 4.98 Å². The number of Topliss-reactive ketones (excluding diaryl/α,β-unsaturated/α-hetero) is 1. The van der Waals surface area contributed by atoms with E-state index in [-0.39, 0.29) is 44.1 Å². The number of ketones is 1. The van der Waals surface area contributed by atoms with E-state index in [0.29, 0.717) is 6.20 Å². The second-order valence-corrected chi connectivity index (χ2v) is 8.10. The first-order valence-corrected chi connectivity index (χ1v) is 10.5. The average molecular weight is 464 g/mol. The molecule has 2 aliphatic rings. The predicted molar refractivity (Wildman–Crippen MR) is 110 cm³/mol. The van der Waals surface area contributed by atoms with E-state index >= 15 is 0 Å². The van der Waals surface area contributed by atoms with Gasteiger partial charge in [-0.15, -0.1) is 0 Å². The summed E-state index contributed by atoms with van der Waals surface area (Å²) in [5.41, 5.74) is -0.380. The van der Waals surface area contributed by atoms with E-state index in [1.54, 1.807) is 4.90 Å². The summed E-state index contributed by atoms with van der Waals surface area (Å²) in [7, 11) is 1.25. The lowest BCUT2D eigenvalue weighted by Crippen LogP contribution is -2.59. The zero-order valence-corrected chi connectivity index (χ0v) is 17.9. The molecule has 7 nitrogen and oxygen atoms in total. The second kappa shape index (κ2) is 9.38. The van der Waals surface area contributed by atoms with Gasteiger partial charge < -0.3 is 14.2 Å². The van der Waals surface area contributed by atoms with Crippen molar-refractivity contribution in [2.45, 2.75) is 37.7 Å². The van der Waals surface area contributed by atoms with Crippen molar-refractivity contribution < 1.29 is 37.0 Å². The monoisotopic (exact) mass is 464 g/mol. The molecule has 33 heavy (non-hydrogen) atoms. The Morgan fingerprint density at radius 2 is 1.82 bits per heavy atom. The fourth-order valence-corrected chi connectivity index (χ4v) is 4.39. The molecule has 0 aliphatic carbocycles. The van der Waals surface area contributed by atoms with Crippen LogP contribution in [-0.2, 0) is 22.3 Å². The van der Waals surface area contributed by atoms with Gasteiger partial charge in [-0.1, -0.05) is 30.3 Å². The molecular formula is C23H23F3N2O5. The number of methoxy groups -OCH3 is 1. The van der Waals surface area contributed by atoms with Gasteiger partial charge in [0.1, 0.15) is 6.61 Å². The number of benzene rings is 1. The largest absolute Gasteiger partial charge is 0.480 e. The van der Waals surface area contributed by atoms with Gasteiger partial charge in [-0.2, -0.15) is 13.2 Å². The van der Waals surface area contributed by atoms with Crippen molar-refractivity contribution in [2.24, 2.45) is 5.92 Å². The van der Waals surface area contributed by atoms with Crippen LogP contribution in [-0.4, -0.2) is 54.2 Å². The number of morpholine rings is 1. The third-order valence-corrected chi connectivity index (χ3v) is 5.94. The number of rotatable bonds is 5. The highest BCUT2D eigenvalue weighted by Crippen LogP contribution is 2.37. The first-order valence-electron chi connectivity index (χ1n) is 10.5. The molecule has 2 saturated heterocycles. The minimum absolute atomic E-state index is 0.117. The van der Waals surface area contributed by atoms with Gasteiger partial charge in [0.2, 0.25) is 5.88 Å². The van der Waals surface area contributed by atoms with Crippen LogP contribution >= 0.6 is 0 Å². The fraction of sp³-hybridized carbons (Fsp3) is 0.435. The van der Waals surface area contributed by atoms with Gasteiger partial charge in [0.25, 0.3) is 0 Å². The second-order valence-electron chi connectivity index (χ2n) is 8.10. The summed E-state index contributed by atoms with van der Waals surface area (Å²) in [4.78, 5) is 31.3. The number of hydrogen-bond donors (Lipinski definition) is 0. The molecule has 0 N–H and O–H groups in total. The van der Waals surface area contributed by atoms with Gasteiger partial charge in [0.05, 0.1) is 43.5 Å². The van der Waals surface area contributed by atoms with E-state index in [1.165, 1.54) is 7.11 Å². The van der Waals surface area contributed by atoms with Gasteiger partial charge >= 0.3 is 12.3 Å². The molecule has 2 aromatic rings. The standard InChI is InChI=1S/C23H23F3N2O5/c1-31-21-19(9-16(10-27-21)23(24,25)26)20(29)15-7-17-12-32-13-18(8-15)28(17)22(30)33-11-14-5-3-2-4-6-14/h2-6,9-10,15,17-18H,7-8,11-13H2,1H3. The summed E-state index contributed by atoms with van der Waals surface area (Å²) in [6.07, 6.45) is -4.00. The minimum Gasteiger partial charge on any atom is -0.480 e. The lowest BCUT2D eigenvalue weighted by molar-refractivity contribution is -0.137. The molecule has 0 saturated carbocycles. The Hall–Kier alpha value is -3.14. The van der Waals surface area contributed by atoms with Crippen molar-refractivity contribution in [1.29, 1.82) is 0 Å². The molecule has 176 valence electrons. The smallest absolute Gasteiger partial charge is 0.417 e. The molecule has 0 radical (unpaired) electrons. The van der Waals surface area contributed by atoms with Crippen molar-refractivity contribution in [3.63, 3.8) is 0 Å². The fourth-order valence-electron chi connectivity index (χ4n) is 4.39. The van der Waals surface area contributed by atoms with Crippen LogP contribution in [0.25, 0.3) is 0 Å². The third-order valence-electron chi connectivity index (χ3n) is 5.94. The lowest BCUT2D eigenvalue weighted by Gasteiger charge is -2.47. The van der Waals surface area contributed by atoms with Crippen molar-refractivity contribution in [3.8, 4) is 5.88 Å². The third kappa shape index (κ3) is 4.95. The van der Waals surface area contributed by atoms with Crippen LogP contribution in [0.2, 0.25) is 0 Å². The first-order chi connectivity index (χ1) is 15.8. The molecule has 10 heteroatoms. The molecule has 2 unspecified atom stereocenters. The summed E-state index contributed by atoms with van der Waals surface area (Å²) in [5.74, 6) is -1.24.